The molecule has 0 saturated heterocycles. The fourth-order valence-electron chi connectivity index (χ4n) is 4.19. The molecular formula is C21H25ClF2N6O3. The SMILES string of the molecule is C[C@@H]1Cc2nn3c(c2CN1C(=O)Nc1cc(Cl)c(F)cc1F)C(=O)N(C)O[C@@H](CN(C)C)C3. The number of nitrogens with one attached hydrogen (secondary N) is 1. The molecule has 1 aromatic carbocycles. The first kappa shape index (κ1) is 23.4. The summed E-state index contributed by atoms with van der Waals surface area (Å²) in [5.74, 6) is -2.20. The van der Waals surface area contributed by atoms with Crippen LogP contribution in [0.3, 0.4) is 0 Å². The molecule has 0 spiro atoms. The lowest BCUT2D eigenvalue weighted by Crippen LogP contribution is -2.45. The van der Waals surface area contributed by atoms with E-state index in [1.165, 1.54) is 9.96 Å². The van der Waals surface area contributed by atoms with Gasteiger partial charge in [0, 0.05) is 37.7 Å². The second-order valence-corrected chi connectivity index (χ2v) is 9.01. The maximum absolute atomic E-state index is 14.1. The van der Waals surface area contributed by atoms with Gasteiger partial charge in [-0.2, -0.15) is 5.10 Å². The summed E-state index contributed by atoms with van der Waals surface area (Å²) in [7, 11) is 5.39. The van der Waals surface area contributed by atoms with Crippen LogP contribution in [0.15, 0.2) is 12.1 Å². The minimum atomic E-state index is -0.934. The zero-order chi connectivity index (χ0) is 24.0. The highest BCUT2D eigenvalue weighted by atomic mass is 35.5. The van der Waals surface area contributed by atoms with Crippen LogP contribution in [0.25, 0.3) is 0 Å². The first-order valence-electron chi connectivity index (χ1n) is 10.5. The second-order valence-electron chi connectivity index (χ2n) is 8.61. The Bertz CT molecular complexity index is 1110. The summed E-state index contributed by atoms with van der Waals surface area (Å²) >= 11 is 5.73. The molecule has 33 heavy (non-hydrogen) atoms. The van der Waals surface area contributed by atoms with Gasteiger partial charge in [-0.15, -0.1) is 0 Å². The zero-order valence-corrected chi connectivity index (χ0v) is 19.5. The van der Waals surface area contributed by atoms with Crippen LogP contribution in [-0.4, -0.2) is 76.4 Å². The predicted molar refractivity (Wildman–Crippen MR) is 117 cm³/mol. The van der Waals surface area contributed by atoms with E-state index in [2.05, 4.69) is 10.4 Å². The van der Waals surface area contributed by atoms with Crippen LogP contribution >= 0.6 is 11.6 Å². The Labute approximate surface area is 194 Å². The number of benzene rings is 1. The number of nitrogens with zero attached hydrogens (tertiary/aromatic N) is 5. The quantitative estimate of drug-likeness (QED) is 0.680. The number of hydrogen-bond acceptors (Lipinski definition) is 5. The molecule has 9 nitrogen and oxygen atoms in total. The Morgan fingerprint density at radius 3 is 2.76 bits per heavy atom. The van der Waals surface area contributed by atoms with Gasteiger partial charge >= 0.3 is 6.03 Å². The monoisotopic (exact) mass is 482 g/mol. The number of anilines is 1. The molecule has 3 heterocycles. The average Bonchev–Trinajstić information content (AvgIpc) is 3.00. The van der Waals surface area contributed by atoms with E-state index in [0.29, 0.717) is 36.8 Å². The number of amides is 3. The number of halogens is 3. The minimum absolute atomic E-state index is 0.103. The highest BCUT2D eigenvalue weighted by Crippen LogP contribution is 2.30. The molecule has 0 unspecified atom stereocenters. The van der Waals surface area contributed by atoms with Gasteiger partial charge in [-0.1, -0.05) is 11.6 Å². The van der Waals surface area contributed by atoms with Crippen molar-refractivity contribution in [2.24, 2.45) is 0 Å². The lowest BCUT2D eigenvalue weighted by atomic mass is 9.99. The van der Waals surface area contributed by atoms with Crippen LogP contribution in [0.5, 0.6) is 0 Å². The van der Waals surface area contributed by atoms with Gasteiger partial charge < -0.3 is 15.1 Å². The Balaban J connectivity index is 1.61. The van der Waals surface area contributed by atoms with Crippen molar-refractivity contribution in [3.8, 4) is 0 Å². The number of carbonyl (C=O) groups excluding carboxylic acids is 2. The molecule has 12 heteroatoms. The number of aromatic nitrogens is 2. The van der Waals surface area contributed by atoms with E-state index in [9.17, 15) is 18.4 Å². The number of rotatable bonds is 3. The number of urea groups is 1. The summed E-state index contributed by atoms with van der Waals surface area (Å²) in [6, 6.07) is 0.783. The van der Waals surface area contributed by atoms with E-state index >= 15 is 0 Å². The van der Waals surface area contributed by atoms with Crippen molar-refractivity contribution in [2.45, 2.75) is 38.6 Å². The lowest BCUT2D eigenvalue weighted by molar-refractivity contribution is -0.152. The summed E-state index contributed by atoms with van der Waals surface area (Å²) in [6.45, 7) is 2.92. The molecule has 4 rings (SSSR count). The van der Waals surface area contributed by atoms with Gasteiger partial charge in [0.05, 0.1) is 29.5 Å². The van der Waals surface area contributed by atoms with Crippen LogP contribution in [0.4, 0.5) is 19.3 Å². The number of hydrogen-bond donors (Lipinski definition) is 1. The topological polar surface area (TPSA) is 82.9 Å². The van der Waals surface area contributed by atoms with Crippen molar-refractivity contribution >= 4 is 29.2 Å². The molecule has 1 aromatic heterocycles. The number of likely N-dealkylation sites (N-methyl/N-ethyl adjacent to an activating group) is 1. The minimum Gasteiger partial charge on any atom is -0.317 e. The van der Waals surface area contributed by atoms with E-state index in [0.717, 1.165) is 11.8 Å². The largest absolute Gasteiger partial charge is 0.322 e. The molecule has 0 bridgehead atoms. The first-order chi connectivity index (χ1) is 15.5. The zero-order valence-electron chi connectivity index (χ0n) is 18.7. The van der Waals surface area contributed by atoms with E-state index < -0.39 is 17.7 Å². The Hall–Kier alpha value is -2.76. The normalized spacial score (nSPS) is 20.5. The highest BCUT2D eigenvalue weighted by molar-refractivity contribution is 6.31. The van der Waals surface area contributed by atoms with Crippen molar-refractivity contribution < 1.29 is 23.2 Å². The second kappa shape index (κ2) is 8.88. The molecule has 0 saturated carbocycles. The van der Waals surface area contributed by atoms with E-state index in [4.69, 9.17) is 16.4 Å². The van der Waals surface area contributed by atoms with Gasteiger partial charge in [0.1, 0.15) is 23.4 Å². The molecule has 2 aliphatic rings. The molecule has 0 aliphatic carbocycles. The first-order valence-corrected chi connectivity index (χ1v) is 10.8. The molecule has 2 atom stereocenters. The standard InChI is InChI=1S/C21H25ClF2N6O3/c1-11-5-17-13(10-29(11)21(32)25-18-6-14(22)15(23)7-16(18)24)19-20(31)28(4)33-12(8-27(2)3)9-30(19)26-17/h6-7,11-12H,5,8-10H2,1-4H3,(H,25,32)/t11-,12+/m1/s1. The number of fused-ring (bicyclic) bond motifs is 3. The van der Waals surface area contributed by atoms with Gasteiger partial charge in [-0.3, -0.25) is 14.3 Å². The van der Waals surface area contributed by atoms with Gasteiger partial charge in [0.25, 0.3) is 5.91 Å². The molecule has 1 N–H and O–H groups in total. The van der Waals surface area contributed by atoms with Gasteiger partial charge in [-0.25, -0.2) is 18.6 Å². The summed E-state index contributed by atoms with van der Waals surface area (Å²) in [4.78, 5) is 35.3. The van der Waals surface area contributed by atoms with E-state index in [1.807, 2.05) is 25.9 Å². The summed E-state index contributed by atoms with van der Waals surface area (Å²) in [5.41, 5.74) is 1.51. The Morgan fingerprint density at radius 2 is 2.06 bits per heavy atom. The number of carbonyl (C=O) groups is 2. The van der Waals surface area contributed by atoms with Gasteiger partial charge in [-0.05, 0) is 27.1 Å². The maximum Gasteiger partial charge on any atom is 0.322 e. The Kier molecular flexibility index (Phi) is 6.30. The fraction of sp³-hybridized carbons (Fsp3) is 0.476. The molecule has 0 fully saturated rings. The third kappa shape index (κ3) is 4.53. The smallest absolute Gasteiger partial charge is 0.317 e. The molecule has 3 amide bonds. The van der Waals surface area contributed by atoms with Crippen LogP contribution in [0, 0.1) is 11.6 Å². The van der Waals surface area contributed by atoms with Crippen molar-refractivity contribution in [3.05, 3.63) is 45.7 Å². The molecule has 178 valence electrons. The summed E-state index contributed by atoms with van der Waals surface area (Å²) in [5, 5.41) is 8.00. The fourth-order valence-corrected chi connectivity index (χ4v) is 4.35. The summed E-state index contributed by atoms with van der Waals surface area (Å²) in [6.07, 6.45) is 0.144. The maximum atomic E-state index is 14.1. The van der Waals surface area contributed by atoms with Crippen molar-refractivity contribution in [3.63, 3.8) is 0 Å². The summed E-state index contributed by atoms with van der Waals surface area (Å²) < 4.78 is 29.2. The van der Waals surface area contributed by atoms with E-state index in [1.54, 1.807) is 11.7 Å². The molecule has 2 aromatic rings. The van der Waals surface area contributed by atoms with E-state index in [-0.39, 0.29) is 35.3 Å². The van der Waals surface area contributed by atoms with Gasteiger partial charge in [0.15, 0.2) is 0 Å². The van der Waals surface area contributed by atoms with Crippen LogP contribution in [0.1, 0.15) is 28.7 Å². The average molecular weight is 483 g/mol. The third-order valence-electron chi connectivity index (χ3n) is 5.74. The van der Waals surface area contributed by atoms with Crippen LogP contribution < -0.4 is 5.32 Å². The van der Waals surface area contributed by atoms with Crippen LogP contribution in [-0.2, 0) is 24.3 Å². The molecule has 2 aliphatic heterocycles. The molecular weight excluding hydrogens is 458 g/mol. The highest BCUT2D eigenvalue weighted by Gasteiger charge is 2.37. The Morgan fingerprint density at radius 1 is 1.33 bits per heavy atom. The van der Waals surface area contributed by atoms with Crippen molar-refractivity contribution in [1.82, 2.24) is 24.6 Å². The number of hydroxylamine groups is 2. The lowest BCUT2D eigenvalue weighted by Gasteiger charge is -2.33. The van der Waals surface area contributed by atoms with Crippen molar-refractivity contribution in [2.75, 3.05) is 33.0 Å². The van der Waals surface area contributed by atoms with Crippen molar-refractivity contribution in [1.29, 1.82) is 0 Å². The van der Waals surface area contributed by atoms with Gasteiger partial charge in [0.2, 0.25) is 0 Å². The molecule has 0 radical (unpaired) electrons. The predicted octanol–water partition coefficient (Wildman–Crippen LogP) is 2.74. The third-order valence-corrected chi connectivity index (χ3v) is 6.03. The van der Waals surface area contributed by atoms with Crippen LogP contribution in [0.2, 0.25) is 5.02 Å².